The summed E-state index contributed by atoms with van der Waals surface area (Å²) in [6, 6.07) is 17.7. The fourth-order valence-electron chi connectivity index (χ4n) is 2.92. The van der Waals surface area contributed by atoms with Crippen LogP contribution in [0.4, 0.5) is 0 Å². The molecule has 24 heavy (non-hydrogen) atoms. The number of nitrogens with zero attached hydrogens (tertiary/aromatic N) is 3. The van der Waals surface area contributed by atoms with Crippen molar-refractivity contribution in [3.05, 3.63) is 66.6 Å². The zero-order valence-corrected chi connectivity index (χ0v) is 13.1. The lowest BCUT2D eigenvalue weighted by Gasteiger charge is -2.10. The molecule has 0 unspecified atom stereocenters. The summed E-state index contributed by atoms with van der Waals surface area (Å²) in [7, 11) is 0. The number of imidazole rings is 1. The number of hydrogen-bond acceptors (Lipinski definition) is 4. The second-order valence-corrected chi connectivity index (χ2v) is 5.51. The predicted octanol–water partition coefficient (Wildman–Crippen LogP) is 3.16. The number of aliphatic hydroxyl groups excluding tert-OH is 1. The smallest absolute Gasteiger partial charge is 0.148 e. The quantitative estimate of drug-likeness (QED) is 0.614. The third kappa shape index (κ3) is 2.59. The number of aliphatic hydroxyl groups is 1. The van der Waals surface area contributed by atoms with Crippen LogP contribution in [0, 0.1) is 0 Å². The lowest BCUT2D eigenvalue weighted by atomic mass is 10.2. The molecular weight excluding hydrogens is 302 g/mol. The Hall–Kier alpha value is -2.92. The van der Waals surface area contributed by atoms with E-state index in [1.165, 1.54) is 0 Å². The topological polar surface area (TPSA) is 60.2 Å². The van der Waals surface area contributed by atoms with E-state index in [0.29, 0.717) is 13.2 Å². The minimum Gasteiger partial charge on any atom is -0.483 e. The zero-order chi connectivity index (χ0) is 16.4. The van der Waals surface area contributed by atoms with Crippen molar-refractivity contribution in [3.8, 4) is 5.75 Å². The van der Waals surface area contributed by atoms with Gasteiger partial charge in [-0.05, 0) is 24.3 Å². The number of pyridine rings is 1. The van der Waals surface area contributed by atoms with Gasteiger partial charge in [0.2, 0.25) is 0 Å². The SMILES string of the molecule is OCCn1c(COc2cccc3cccnc23)nc2ccccc21. The molecule has 5 heteroatoms. The summed E-state index contributed by atoms with van der Waals surface area (Å²) in [6.45, 7) is 0.876. The molecule has 5 nitrogen and oxygen atoms in total. The molecule has 0 saturated heterocycles. The molecule has 0 amide bonds. The van der Waals surface area contributed by atoms with Crippen molar-refractivity contribution >= 4 is 21.9 Å². The molecule has 2 aromatic carbocycles. The molecule has 0 radical (unpaired) electrons. The molecule has 0 aliphatic rings. The second-order valence-electron chi connectivity index (χ2n) is 5.51. The van der Waals surface area contributed by atoms with Gasteiger partial charge in [0.25, 0.3) is 0 Å². The van der Waals surface area contributed by atoms with Crippen LogP contribution < -0.4 is 4.74 Å². The first kappa shape index (κ1) is 14.7. The van der Waals surface area contributed by atoms with Gasteiger partial charge in [-0.2, -0.15) is 0 Å². The summed E-state index contributed by atoms with van der Waals surface area (Å²) in [6.07, 6.45) is 1.76. The molecule has 0 aliphatic carbocycles. The highest BCUT2D eigenvalue weighted by Crippen LogP contribution is 2.24. The molecule has 1 N–H and O–H groups in total. The van der Waals surface area contributed by atoms with Crippen LogP contribution in [0.25, 0.3) is 21.9 Å². The van der Waals surface area contributed by atoms with Gasteiger partial charge in [0, 0.05) is 18.1 Å². The largest absolute Gasteiger partial charge is 0.483 e. The molecule has 120 valence electrons. The molecule has 0 bridgehead atoms. The standard InChI is InChI=1S/C19H17N3O2/c23-12-11-22-16-8-2-1-7-15(16)21-18(22)13-24-17-9-3-5-14-6-4-10-20-19(14)17/h1-10,23H,11-13H2. The Kier molecular flexibility index (Phi) is 3.84. The highest BCUT2D eigenvalue weighted by atomic mass is 16.5. The Morgan fingerprint density at radius 3 is 2.79 bits per heavy atom. The summed E-state index contributed by atoms with van der Waals surface area (Å²) in [5.74, 6) is 1.52. The average molecular weight is 319 g/mol. The molecule has 2 heterocycles. The van der Waals surface area contributed by atoms with Gasteiger partial charge in [-0.15, -0.1) is 0 Å². The van der Waals surface area contributed by atoms with E-state index in [0.717, 1.165) is 33.5 Å². The Balaban J connectivity index is 1.68. The van der Waals surface area contributed by atoms with E-state index in [2.05, 4.69) is 9.97 Å². The van der Waals surface area contributed by atoms with Crippen molar-refractivity contribution in [2.45, 2.75) is 13.2 Å². The maximum Gasteiger partial charge on any atom is 0.148 e. The van der Waals surface area contributed by atoms with E-state index in [-0.39, 0.29) is 6.61 Å². The Bertz CT molecular complexity index is 989. The predicted molar refractivity (Wildman–Crippen MR) is 92.9 cm³/mol. The molecule has 0 saturated carbocycles. The third-order valence-corrected chi connectivity index (χ3v) is 4.01. The lowest BCUT2D eigenvalue weighted by molar-refractivity contribution is 0.261. The van der Waals surface area contributed by atoms with Gasteiger partial charge in [0.05, 0.1) is 17.6 Å². The van der Waals surface area contributed by atoms with Crippen LogP contribution in [-0.4, -0.2) is 26.2 Å². The molecule has 4 aromatic rings. The molecule has 4 rings (SSSR count). The van der Waals surface area contributed by atoms with E-state index in [1.807, 2.05) is 59.2 Å². The lowest BCUT2D eigenvalue weighted by Crippen LogP contribution is -2.09. The third-order valence-electron chi connectivity index (χ3n) is 4.01. The summed E-state index contributed by atoms with van der Waals surface area (Å²) in [4.78, 5) is 9.04. The number of ether oxygens (including phenoxy) is 1. The van der Waals surface area contributed by atoms with Crippen molar-refractivity contribution in [1.82, 2.24) is 14.5 Å². The highest BCUT2D eigenvalue weighted by molar-refractivity contribution is 5.84. The number of aromatic nitrogens is 3. The van der Waals surface area contributed by atoms with Crippen molar-refractivity contribution in [2.75, 3.05) is 6.61 Å². The van der Waals surface area contributed by atoms with Crippen LogP contribution in [-0.2, 0) is 13.2 Å². The minimum absolute atomic E-state index is 0.0587. The second kappa shape index (κ2) is 6.29. The summed E-state index contributed by atoms with van der Waals surface area (Å²) < 4.78 is 7.99. The van der Waals surface area contributed by atoms with Crippen molar-refractivity contribution in [3.63, 3.8) is 0 Å². The van der Waals surface area contributed by atoms with Crippen LogP contribution >= 0.6 is 0 Å². The normalized spacial score (nSPS) is 11.2. The summed E-state index contributed by atoms with van der Waals surface area (Å²) >= 11 is 0. The van der Waals surface area contributed by atoms with Gasteiger partial charge in [-0.1, -0.05) is 30.3 Å². The maximum atomic E-state index is 9.35. The molecular formula is C19H17N3O2. The average Bonchev–Trinajstić information content (AvgIpc) is 2.98. The molecule has 2 aromatic heterocycles. The number of para-hydroxylation sites is 3. The molecule has 0 aliphatic heterocycles. The number of hydrogen-bond donors (Lipinski definition) is 1. The zero-order valence-electron chi connectivity index (χ0n) is 13.1. The Morgan fingerprint density at radius 1 is 1.00 bits per heavy atom. The summed E-state index contributed by atoms with van der Waals surface area (Å²) in [5.41, 5.74) is 2.74. The van der Waals surface area contributed by atoms with Crippen LogP contribution in [0.3, 0.4) is 0 Å². The van der Waals surface area contributed by atoms with Gasteiger partial charge in [-0.25, -0.2) is 4.98 Å². The van der Waals surface area contributed by atoms with Gasteiger partial charge < -0.3 is 14.4 Å². The van der Waals surface area contributed by atoms with Gasteiger partial charge in [-0.3, -0.25) is 4.98 Å². The van der Waals surface area contributed by atoms with Crippen LogP contribution in [0.5, 0.6) is 5.75 Å². The maximum absolute atomic E-state index is 9.35. The number of rotatable bonds is 5. The Morgan fingerprint density at radius 2 is 1.88 bits per heavy atom. The van der Waals surface area contributed by atoms with Crippen LogP contribution in [0.1, 0.15) is 5.82 Å². The molecule has 0 fully saturated rings. The number of fused-ring (bicyclic) bond motifs is 2. The van der Waals surface area contributed by atoms with Crippen LogP contribution in [0.2, 0.25) is 0 Å². The van der Waals surface area contributed by atoms with E-state index in [1.54, 1.807) is 6.20 Å². The minimum atomic E-state index is 0.0587. The molecule has 0 spiro atoms. The van der Waals surface area contributed by atoms with E-state index < -0.39 is 0 Å². The monoisotopic (exact) mass is 319 g/mol. The number of benzene rings is 2. The van der Waals surface area contributed by atoms with E-state index in [9.17, 15) is 5.11 Å². The fraction of sp³-hybridized carbons (Fsp3) is 0.158. The van der Waals surface area contributed by atoms with Gasteiger partial charge in [0.15, 0.2) is 0 Å². The van der Waals surface area contributed by atoms with Crippen LogP contribution in [0.15, 0.2) is 60.8 Å². The van der Waals surface area contributed by atoms with Crippen molar-refractivity contribution in [1.29, 1.82) is 0 Å². The molecule has 0 atom stereocenters. The highest BCUT2D eigenvalue weighted by Gasteiger charge is 2.11. The summed E-state index contributed by atoms with van der Waals surface area (Å²) in [5, 5.41) is 10.4. The van der Waals surface area contributed by atoms with Crippen molar-refractivity contribution in [2.24, 2.45) is 0 Å². The first-order valence-corrected chi connectivity index (χ1v) is 7.88. The van der Waals surface area contributed by atoms with Gasteiger partial charge in [0.1, 0.15) is 23.7 Å². The van der Waals surface area contributed by atoms with E-state index >= 15 is 0 Å². The van der Waals surface area contributed by atoms with Crippen molar-refractivity contribution < 1.29 is 9.84 Å². The van der Waals surface area contributed by atoms with Gasteiger partial charge >= 0.3 is 0 Å². The first-order chi connectivity index (χ1) is 11.9. The first-order valence-electron chi connectivity index (χ1n) is 7.88. The Labute approximate surface area is 139 Å². The van der Waals surface area contributed by atoms with E-state index in [4.69, 9.17) is 4.74 Å². The fourth-order valence-corrected chi connectivity index (χ4v) is 2.92.